The molecule has 2 aromatic heterocycles. The third kappa shape index (κ3) is 2.46. The van der Waals surface area contributed by atoms with Crippen LogP contribution in [0.15, 0.2) is 30.4 Å². The summed E-state index contributed by atoms with van der Waals surface area (Å²) in [7, 11) is 0. The van der Waals surface area contributed by atoms with Crippen molar-refractivity contribution in [1.29, 1.82) is 0 Å². The minimum absolute atomic E-state index is 0.887. The molecule has 4 heteroatoms. The second kappa shape index (κ2) is 4.99. The van der Waals surface area contributed by atoms with Crippen LogP contribution in [0.25, 0.3) is 11.0 Å². The van der Waals surface area contributed by atoms with Crippen molar-refractivity contribution in [1.82, 2.24) is 15.0 Å². The Morgan fingerprint density at radius 1 is 1.41 bits per heavy atom. The lowest BCUT2D eigenvalue weighted by atomic mass is 10.3. The van der Waals surface area contributed by atoms with E-state index in [0.717, 1.165) is 29.8 Å². The number of nitrogens with zero attached hydrogens (tertiary/aromatic N) is 3. The van der Waals surface area contributed by atoms with Gasteiger partial charge >= 0.3 is 0 Å². The molecule has 0 amide bonds. The van der Waals surface area contributed by atoms with Crippen molar-refractivity contribution in [2.45, 2.75) is 27.2 Å². The summed E-state index contributed by atoms with van der Waals surface area (Å²) in [4.78, 5) is 13.9. The van der Waals surface area contributed by atoms with Crippen molar-refractivity contribution < 1.29 is 0 Å². The molecular formula is C13H18N4. The van der Waals surface area contributed by atoms with Gasteiger partial charge < -0.3 is 9.88 Å². The Balaban J connectivity index is 2.47. The molecule has 1 N–H and O–H groups in total. The molecule has 0 aliphatic rings. The predicted octanol–water partition coefficient (Wildman–Crippen LogP) is 3.10. The Hall–Kier alpha value is -1.84. The quantitative estimate of drug-likeness (QED) is 0.877. The van der Waals surface area contributed by atoms with Crippen LogP contribution in [0.4, 0.5) is 5.82 Å². The monoisotopic (exact) mass is 230 g/mol. The van der Waals surface area contributed by atoms with Crippen LogP contribution in [0.2, 0.25) is 0 Å². The molecule has 0 saturated carbocycles. The number of fused-ring (bicyclic) bond motifs is 1. The zero-order chi connectivity index (χ0) is 12.3. The molecule has 0 saturated heterocycles. The molecule has 0 spiro atoms. The molecule has 0 bridgehead atoms. The van der Waals surface area contributed by atoms with Crippen molar-refractivity contribution in [2.75, 3.05) is 11.4 Å². The van der Waals surface area contributed by atoms with Gasteiger partial charge in [-0.1, -0.05) is 12.5 Å². The Bertz CT molecular complexity index is 523. The van der Waals surface area contributed by atoms with Gasteiger partial charge in [-0.15, -0.1) is 0 Å². The van der Waals surface area contributed by atoms with Crippen LogP contribution in [0.5, 0.6) is 0 Å². The molecule has 0 radical (unpaired) electrons. The molecule has 0 atom stereocenters. The van der Waals surface area contributed by atoms with Gasteiger partial charge in [-0.3, -0.25) is 0 Å². The minimum atomic E-state index is 0.887. The van der Waals surface area contributed by atoms with Crippen molar-refractivity contribution in [3.63, 3.8) is 0 Å². The van der Waals surface area contributed by atoms with Gasteiger partial charge in [-0.2, -0.15) is 0 Å². The van der Waals surface area contributed by atoms with Crippen molar-refractivity contribution in [2.24, 2.45) is 0 Å². The van der Waals surface area contributed by atoms with Crippen LogP contribution < -0.4 is 4.90 Å². The van der Waals surface area contributed by atoms with Crippen molar-refractivity contribution >= 4 is 16.9 Å². The van der Waals surface area contributed by atoms with Crippen molar-refractivity contribution in [3.05, 3.63) is 30.4 Å². The third-order valence-electron chi connectivity index (χ3n) is 2.48. The number of nitrogens with one attached hydrogen (secondary N) is 1. The van der Waals surface area contributed by atoms with Crippen LogP contribution in [0.3, 0.4) is 0 Å². The lowest BCUT2D eigenvalue weighted by Crippen LogP contribution is -2.19. The van der Waals surface area contributed by atoms with E-state index in [4.69, 9.17) is 0 Å². The zero-order valence-electron chi connectivity index (χ0n) is 10.6. The molecule has 0 aliphatic carbocycles. The van der Waals surface area contributed by atoms with Gasteiger partial charge in [0.1, 0.15) is 17.8 Å². The Morgan fingerprint density at radius 2 is 2.24 bits per heavy atom. The summed E-state index contributed by atoms with van der Waals surface area (Å²) in [6.45, 7) is 7.32. The maximum absolute atomic E-state index is 4.40. The van der Waals surface area contributed by atoms with Gasteiger partial charge in [-0.25, -0.2) is 9.97 Å². The maximum atomic E-state index is 4.40. The normalized spacial score (nSPS) is 10.5. The zero-order valence-corrected chi connectivity index (χ0v) is 10.6. The average Bonchev–Trinajstić information content (AvgIpc) is 2.75. The Kier molecular flexibility index (Phi) is 3.42. The Labute approximate surface area is 101 Å². The number of hydrogen-bond acceptors (Lipinski definition) is 3. The minimum Gasteiger partial charge on any atom is -0.346 e. The van der Waals surface area contributed by atoms with E-state index < -0.39 is 0 Å². The molecule has 0 unspecified atom stereocenters. The molecule has 0 fully saturated rings. The number of H-pyrrole nitrogens is 1. The van der Waals surface area contributed by atoms with Gasteiger partial charge in [0.15, 0.2) is 0 Å². The number of allylic oxidation sites excluding steroid dienone is 1. The highest BCUT2D eigenvalue weighted by Gasteiger charge is 2.10. The van der Waals surface area contributed by atoms with Crippen LogP contribution in [0.1, 0.15) is 27.2 Å². The van der Waals surface area contributed by atoms with Crippen LogP contribution in [-0.4, -0.2) is 21.5 Å². The van der Waals surface area contributed by atoms with E-state index in [9.17, 15) is 0 Å². The fourth-order valence-corrected chi connectivity index (χ4v) is 1.87. The fraction of sp³-hybridized carbons (Fsp3) is 0.385. The van der Waals surface area contributed by atoms with E-state index in [0.29, 0.717) is 0 Å². The van der Waals surface area contributed by atoms with Gasteiger partial charge in [0.2, 0.25) is 0 Å². The number of hydrogen-bond donors (Lipinski definition) is 1. The maximum Gasteiger partial charge on any atom is 0.145 e. The standard InChI is InChI=1S/C13H18N4/c1-4-7-17(8-10(2)3)13-11-5-6-14-12(11)15-9-16-13/h5-6,8-9H,4,7H2,1-3H3,(H,14,15,16). The Morgan fingerprint density at radius 3 is 2.94 bits per heavy atom. The highest BCUT2D eigenvalue weighted by atomic mass is 15.2. The van der Waals surface area contributed by atoms with Gasteiger partial charge in [-0.05, 0) is 26.3 Å². The summed E-state index contributed by atoms with van der Waals surface area (Å²) >= 11 is 0. The average molecular weight is 230 g/mol. The lowest BCUT2D eigenvalue weighted by Gasteiger charge is -2.19. The number of aromatic amines is 1. The van der Waals surface area contributed by atoms with E-state index in [2.05, 4.69) is 46.8 Å². The highest BCUT2D eigenvalue weighted by Crippen LogP contribution is 2.22. The molecule has 0 aromatic carbocycles. The first-order valence-electron chi connectivity index (χ1n) is 5.92. The van der Waals surface area contributed by atoms with E-state index >= 15 is 0 Å². The molecule has 2 rings (SSSR count). The topological polar surface area (TPSA) is 44.8 Å². The fourth-order valence-electron chi connectivity index (χ4n) is 1.87. The SMILES string of the molecule is CCCN(C=C(C)C)c1ncnc2[nH]ccc12. The molecule has 0 aliphatic heterocycles. The second-order valence-electron chi connectivity index (χ2n) is 4.34. The predicted molar refractivity (Wildman–Crippen MR) is 71.0 cm³/mol. The molecular weight excluding hydrogens is 212 g/mol. The van der Waals surface area contributed by atoms with Crippen LogP contribution >= 0.6 is 0 Å². The van der Waals surface area contributed by atoms with Crippen molar-refractivity contribution in [3.8, 4) is 0 Å². The third-order valence-corrected chi connectivity index (χ3v) is 2.48. The second-order valence-corrected chi connectivity index (χ2v) is 4.34. The molecule has 2 heterocycles. The van der Waals surface area contributed by atoms with E-state index in [1.165, 1.54) is 5.57 Å². The number of anilines is 1. The van der Waals surface area contributed by atoms with E-state index in [1.807, 2.05) is 12.3 Å². The first kappa shape index (κ1) is 11.6. The molecule has 17 heavy (non-hydrogen) atoms. The van der Waals surface area contributed by atoms with Gasteiger partial charge in [0.25, 0.3) is 0 Å². The molecule has 2 aromatic rings. The summed E-state index contributed by atoms with van der Waals surface area (Å²) in [6.07, 6.45) is 6.73. The van der Waals surface area contributed by atoms with Gasteiger partial charge in [0.05, 0.1) is 5.39 Å². The first-order chi connectivity index (χ1) is 8.22. The summed E-state index contributed by atoms with van der Waals surface area (Å²) in [5.74, 6) is 0.972. The molecule has 4 nitrogen and oxygen atoms in total. The highest BCUT2D eigenvalue weighted by molar-refractivity contribution is 5.87. The number of rotatable bonds is 4. The smallest absolute Gasteiger partial charge is 0.145 e. The van der Waals surface area contributed by atoms with Crippen LogP contribution in [0, 0.1) is 0 Å². The van der Waals surface area contributed by atoms with Crippen LogP contribution in [-0.2, 0) is 0 Å². The largest absolute Gasteiger partial charge is 0.346 e. The number of aromatic nitrogens is 3. The van der Waals surface area contributed by atoms with E-state index in [1.54, 1.807) is 6.33 Å². The summed E-state index contributed by atoms with van der Waals surface area (Å²) in [5.41, 5.74) is 2.15. The van der Waals surface area contributed by atoms with Gasteiger partial charge in [0, 0.05) is 18.9 Å². The summed E-state index contributed by atoms with van der Waals surface area (Å²) in [6, 6.07) is 2.02. The van der Waals surface area contributed by atoms with E-state index in [-0.39, 0.29) is 0 Å². The lowest BCUT2D eigenvalue weighted by molar-refractivity contribution is 0.862. The summed E-state index contributed by atoms with van der Waals surface area (Å²) in [5, 5.41) is 1.07. The summed E-state index contributed by atoms with van der Waals surface area (Å²) < 4.78 is 0. The first-order valence-corrected chi connectivity index (χ1v) is 5.92. The molecule has 90 valence electrons.